The van der Waals surface area contributed by atoms with Gasteiger partial charge in [-0.15, -0.1) is 0 Å². The molecule has 2 N–H and O–H groups in total. The summed E-state index contributed by atoms with van der Waals surface area (Å²) >= 11 is 0. The van der Waals surface area contributed by atoms with Gasteiger partial charge >= 0.3 is 0 Å². The van der Waals surface area contributed by atoms with Gasteiger partial charge in [-0.2, -0.15) is 8.42 Å². The van der Waals surface area contributed by atoms with Crippen LogP contribution in [0.1, 0.15) is 11.1 Å². The van der Waals surface area contributed by atoms with Gasteiger partial charge in [-0.25, -0.2) is 0 Å². The standard InChI is InChI=1S/C9H11N3O4S/c1-6-2-3-8(17(14,15)16)4-7(6)5-9(13)11-12-10/h2-4,9,13H,5H2,1H3,(H,14,15,16). The lowest BCUT2D eigenvalue weighted by Gasteiger charge is -2.09. The topological polar surface area (TPSA) is 123 Å². The molecule has 0 radical (unpaired) electrons. The van der Waals surface area contributed by atoms with Crippen molar-refractivity contribution in [2.24, 2.45) is 5.11 Å². The lowest BCUT2D eigenvalue weighted by molar-refractivity contribution is 0.182. The van der Waals surface area contributed by atoms with Crippen LogP contribution in [0.3, 0.4) is 0 Å². The zero-order valence-corrected chi connectivity index (χ0v) is 9.79. The first-order valence-corrected chi connectivity index (χ1v) is 6.08. The summed E-state index contributed by atoms with van der Waals surface area (Å²) in [5.74, 6) is 0. The molecule has 7 nitrogen and oxygen atoms in total. The molecule has 0 amide bonds. The summed E-state index contributed by atoms with van der Waals surface area (Å²) in [6.07, 6.45) is -1.28. The number of aliphatic hydroxyl groups excluding tert-OH is 1. The minimum absolute atomic E-state index is 0.0146. The van der Waals surface area contributed by atoms with E-state index < -0.39 is 16.3 Å². The molecule has 0 aliphatic heterocycles. The molecule has 0 saturated heterocycles. The number of azide groups is 1. The molecule has 0 saturated carbocycles. The molecule has 1 rings (SSSR count). The Morgan fingerprint density at radius 3 is 2.71 bits per heavy atom. The fourth-order valence-corrected chi connectivity index (χ4v) is 1.86. The summed E-state index contributed by atoms with van der Waals surface area (Å²) in [5.41, 5.74) is 9.34. The Morgan fingerprint density at radius 1 is 1.53 bits per heavy atom. The van der Waals surface area contributed by atoms with Crippen molar-refractivity contribution in [3.05, 3.63) is 39.8 Å². The molecule has 92 valence electrons. The van der Waals surface area contributed by atoms with Crippen LogP contribution in [0.4, 0.5) is 0 Å². The third-order valence-corrected chi connectivity index (χ3v) is 3.06. The number of benzene rings is 1. The number of nitrogens with zero attached hydrogens (tertiary/aromatic N) is 3. The van der Waals surface area contributed by atoms with E-state index in [2.05, 4.69) is 10.0 Å². The highest BCUT2D eigenvalue weighted by Gasteiger charge is 2.13. The molecule has 0 bridgehead atoms. The predicted octanol–water partition coefficient (Wildman–Crippen LogP) is 1.41. The van der Waals surface area contributed by atoms with Crippen molar-refractivity contribution in [1.29, 1.82) is 0 Å². The predicted molar refractivity (Wildman–Crippen MR) is 59.9 cm³/mol. The van der Waals surface area contributed by atoms with Crippen molar-refractivity contribution in [3.8, 4) is 0 Å². The second-order valence-electron chi connectivity index (χ2n) is 3.45. The molecular weight excluding hydrogens is 246 g/mol. The van der Waals surface area contributed by atoms with E-state index in [9.17, 15) is 13.5 Å². The molecule has 17 heavy (non-hydrogen) atoms. The van der Waals surface area contributed by atoms with E-state index in [0.717, 1.165) is 5.56 Å². The number of hydrogen-bond acceptors (Lipinski definition) is 4. The van der Waals surface area contributed by atoms with Gasteiger partial charge in [0.1, 0.15) is 6.23 Å². The van der Waals surface area contributed by atoms with E-state index in [1.165, 1.54) is 18.2 Å². The lowest BCUT2D eigenvalue weighted by Crippen LogP contribution is -2.08. The average Bonchev–Trinajstić information content (AvgIpc) is 2.20. The Morgan fingerprint density at radius 2 is 2.18 bits per heavy atom. The van der Waals surface area contributed by atoms with Crippen LogP contribution in [-0.2, 0) is 16.5 Å². The Bertz CT molecular complexity index is 564. The van der Waals surface area contributed by atoms with E-state index in [1.807, 2.05) is 0 Å². The monoisotopic (exact) mass is 257 g/mol. The van der Waals surface area contributed by atoms with Crippen molar-refractivity contribution in [1.82, 2.24) is 0 Å². The molecule has 0 fully saturated rings. The van der Waals surface area contributed by atoms with Gasteiger partial charge in [0.25, 0.3) is 10.1 Å². The molecule has 0 spiro atoms. The minimum atomic E-state index is -4.28. The van der Waals surface area contributed by atoms with Crippen LogP contribution in [0.5, 0.6) is 0 Å². The number of aryl methyl sites for hydroxylation is 1. The second-order valence-corrected chi connectivity index (χ2v) is 4.87. The molecule has 0 aromatic heterocycles. The van der Waals surface area contributed by atoms with Gasteiger partial charge < -0.3 is 5.11 Å². The SMILES string of the molecule is Cc1ccc(S(=O)(=O)O)cc1CC(O)N=[N+]=[N-]. The summed E-state index contributed by atoms with van der Waals surface area (Å²) in [6, 6.07) is 4.00. The molecular formula is C9H11N3O4S. The van der Waals surface area contributed by atoms with E-state index in [4.69, 9.17) is 10.1 Å². The minimum Gasteiger partial charge on any atom is -0.387 e. The van der Waals surface area contributed by atoms with Crippen molar-refractivity contribution >= 4 is 10.1 Å². The Kier molecular flexibility index (Phi) is 4.08. The van der Waals surface area contributed by atoms with Gasteiger partial charge in [-0.1, -0.05) is 11.2 Å². The van der Waals surface area contributed by atoms with Crippen LogP contribution in [-0.4, -0.2) is 24.3 Å². The van der Waals surface area contributed by atoms with Gasteiger partial charge in [-0.05, 0) is 35.7 Å². The quantitative estimate of drug-likeness (QED) is 0.366. The first kappa shape index (κ1) is 13.5. The highest BCUT2D eigenvalue weighted by Crippen LogP contribution is 2.17. The summed E-state index contributed by atoms with van der Waals surface area (Å²) in [6.45, 7) is 1.71. The Labute approximate surface area is 98.1 Å². The molecule has 1 aromatic carbocycles. The molecule has 0 aliphatic rings. The van der Waals surface area contributed by atoms with Gasteiger partial charge in [0.2, 0.25) is 0 Å². The maximum atomic E-state index is 10.9. The van der Waals surface area contributed by atoms with Crippen LogP contribution in [0.2, 0.25) is 0 Å². The number of aliphatic hydroxyl groups is 1. The van der Waals surface area contributed by atoms with Crippen LogP contribution < -0.4 is 0 Å². The molecule has 1 aromatic rings. The van der Waals surface area contributed by atoms with E-state index >= 15 is 0 Å². The Balaban J connectivity index is 3.11. The molecule has 8 heteroatoms. The normalized spacial score (nSPS) is 12.9. The maximum Gasteiger partial charge on any atom is 0.294 e. The first-order chi connectivity index (χ1) is 7.84. The highest BCUT2D eigenvalue weighted by atomic mass is 32.2. The lowest BCUT2D eigenvalue weighted by atomic mass is 10.1. The maximum absolute atomic E-state index is 10.9. The van der Waals surface area contributed by atoms with Crippen molar-refractivity contribution in [3.63, 3.8) is 0 Å². The fraction of sp³-hybridized carbons (Fsp3) is 0.333. The third kappa shape index (κ3) is 3.72. The van der Waals surface area contributed by atoms with Crippen molar-refractivity contribution in [2.45, 2.75) is 24.5 Å². The highest BCUT2D eigenvalue weighted by molar-refractivity contribution is 7.85. The van der Waals surface area contributed by atoms with Crippen LogP contribution in [0.15, 0.2) is 28.2 Å². The number of rotatable bonds is 4. The van der Waals surface area contributed by atoms with E-state index in [0.29, 0.717) is 5.56 Å². The molecule has 0 aliphatic carbocycles. The summed E-state index contributed by atoms with van der Waals surface area (Å²) in [4.78, 5) is 2.18. The molecule has 0 heterocycles. The van der Waals surface area contributed by atoms with Gasteiger partial charge in [0, 0.05) is 11.3 Å². The summed E-state index contributed by atoms with van der Waals surface area (Å²) < 4.78 is 30.7. The van der Waals surface area contributed by atoms with Crippen LogP contribution >= 0.6 is 0 Å². The smallest absolute Gasteiger partial charge is 0.294 e. The average molecular weight is 257 g/mol. The molecule has 1 unspecified atom stereocenters. The first-order valence-electron chi connectivity index (χ1n) is 4.64. The largest absolute Gasteiger partial charge is 0.387 e. The van der Waals surface area contributed by atoms with Crippen LogP contribution in [0, 0.1) is 6.92 Å². The van der Waals surface area contributed by atoms with Crippen molar-refractivity contribution in [2.75, 3.05) is 0 Å². The summed E-state index contributed by atoms with van der Waals surface area (Å²) in [5, 5.41) is 12.4. The summed E-state index contributed by atoms with van der Waals surface area (Å²) in [7, 11) is -4.28. The number of hydrogen-bond donors (Lipinski definition) is 2. The van der Waals surface area contributed by atoms with Crippen LogP contribution in [0.25, 0.3) is 10.4 Å². The van der Waals surface area contributed by atoms with Gasteiger partial charge in [0.15, 0.2) is 0 Å². The zero-order chi connectivity index (χ0) is 13.1. The Hall–Kier alpha value is -1.60. The molecule has 1 atom stereocenters. The van der Waals surface area contributed by atoms with Crippen molar-refractivity contribution < 1.29 is 18.1 Å². The van der Waals surface area contributed by atoms with Gasteiger partial charge in [0.05, 0.1) is 4.90 Å². The van der Waals surface area contributed by atoms with Gasteiger partial charge in [-0.3, -0.25) is 4.55 Å². The zero-order valence-electron chi connectivity index (χ0n) is 8.98. The fourth-order valence-electron chi connectivity index (χ4n) is 1.33. The third-order valence-electron chi connectivity index (χ3n) is 2.21. The van der Waals surface area contributed by atoms with E-state index in [1.54, 1.807) is 6.92 Å². The van der Waals surface area contributed by atoms with E-state index in [-0.39, 0.29) is 11.3 Å². The second kappa shape index (κ2) is 5.15.